The normalized spacial score (nSPS) is 10.5. The Labute approximate surface area is 199 Å². The lowest BCUT2D eigenvalue weighted by molar-refractivity contribution is 0.198. The highest BCUT2D eigenvalue weighted by Gasteiger charge is 2.20. The lowest BCUT2D eigenvalue weighted by atomic mass is 10.2. The van der Waals surface area contributed by atoms with Crippen molar-refractivity contribution in [2.24, 2.45) is 0 Å². The van der Waals surface area contributed by atoms with Crippen molar-refractivity contribution in [2.75, 3.05) is 58.9 Å². The van der Waals surface area contributed by atoms with Gasteiger partial charge in [-0.25, -0.2) is 4.98 Å². The maximum atomic E-state index is 12.9. The van der Waals surface area contributed by atoms with Crippen LogP contribution < -0.4 is 30.0 Å². The summed E-state index contributed by atoms with van der Waals surface area (Å²) in [5.74, 6) is 1.52. The summed E-state index contributed by atoms with van der Waals surface area (Å²) in [4.78, 5) is 22.3. The van der Waals surface area contributed by atoms with Gasteiger partial charge in [0.25, 0.3) is 5.56 Å². The van der Waals surface area contributed by atoms with Gasteiger partial charge in [0.15, 0.2) is 11.5 Å². The lowest BCUT2D eigenvalue weighted by Gasteiger charge is -2.20. The van der Waals surface area contributed by atoms with Crippen molar-refractivity contribution < 1.29 is 18.9 Å². The van der Waals surface area contributed by atoms with Gasteiger partial charge in [0.1, 0.15) is 5.39 Å². The summed E-state index contributed by atoms with van der Waals surface area (Å²) < 4.78 is 21.3. The molecule has 1 aromatic heterocycles. The zero-order chi connectivity index (χ0) is 23.1. The number of rotatable bonds is 11. The summed E-state index contributed by atoms with van der Waals surface area (Å²) >= 11 is 0. The molecule has 9 nitrogen and oxygen atoms in total. The molecule has 0 saturated heterocycles. The first-order valence-corrected chi connectivity index (χ1v) is 10.3. The van der Waals surface area contributed by atoms with E-state index >= 15 is 0 Å². The van der Waals surface area contributed by atoms with Crippen LogP contribution in [0.15, 0.2) is 35.1 Å². The molecule has 1 heterocycles. The molecule has 3 aromatic rings. The summed E-state index contributed by atoms with van der Waals surface area (Å²) in [5, 5.41) is 3.70. The van der Waals surface area contributed by atoms with Gasteiger partial charge in [-0.2, -0.15) is 0 Å². The molecule has 0 unspecified atom stereocenters. The van der Waals surface area contributed by atoms with Gasteiger partial charge in [0.05, 0.1) is 26.8 Å². The van der Waals surface area contributed by atoms with E-state index in [4.69, 9.17) is 18.9 Å². The molecule has 0 saturated carbocycles. The van der Waals surface area contributed by atoms with E-state index in [0.29, 0.717) is 34.9 Å². The van der Waals surface area contributed by atoms with E-state index in [-0.39, 0.29) is 23.7 Å². The number of hydrogen-bond acceptors (Lipinski definition) is 8. The molecule has 2 aromatic carbocycles. The van der Waals surface area contributed by atoms with Crippen LogP contribution in [0.1, 0.15) is 12.0 Å². The predicted molar refractivity (Wildman–Crippen MR) is 133 cm³/mol. The molecule has 33 heavy (non-hydrogen) atoms. The van der Waals surface area contributed by atoms with Crippen molar-refractivity contribution in [3.8, 4) is 17.2 Å². The fraction of sp³-hybridized carbons (Fsp3) is 0.391. The number of aromatic amines is 1. The summed E-state index contributed by atoms with van der Waals surface area (Å²) in [7, 11) is 8.08. The SMILES string of the molecule is COCCCNc1cccc(CN(C)c2nc3cc(OC)c(OC)c(OC)c3c(=O)[nH]2)c1.Cl. The van der Waals surface area contributed by atoms with Crippen LogP contribution in [0.2, 0.25) is 0 Å². The molecule has 0 atom stereocenters. The first-order valence-electron chi connectivity index (χ1n) is 10.3. The van der Waals surface area contributed by atoms with Gasteiger partial charge in [-0.1, -0.05) is 12.1 Å². The number of halogens is 1. The van der Waals surface area contributed by atoms with E-state index in [0.717, 1.165) is 30.8 Å². The van der Waals surface area contributed by atoms with Crippen LogP contribution in [0, 0.1) is 0 Å². The molecule has 180 valence electrons. The number of H-pyrrole nitrogens is 1. The fourth-order valence-electron chi connectivity index (χ4n) is 3.52. The summed E-state index contributed by atoms with van der Waals surface area (Å²) in [6.07, 6.45) is 0.931. The zero-order valence-electron chi connectivity index (χ0n) is 19.6. The molecular formula is C23H31ClN4O5. The zero-order valence-corrected chi connectivity index (χ0v) is 20.4. The Morgan fingerprint density at radius 1 is 1.06 bits per heavy atom. The number of fused-ring (bicyclic) bond motifs is 1. The molecule has 0 aliphatic heterocycles. The molecule has 0 bridgehead atoms. The van der Waals surface area contributed by atoms with Crippen LogP contribution >= 0.6 is 12.4 Å². The minimum atomic E-state index is -0.316. The summed E-state index contributed by atoms with van der Waals surface area (Å²) in [5.41, 5.74) is 2.26. The predicted octanol–water partition coefficient (Wildman–Crippen LogP) is 3.46. The minimum absolute atomic E-state index is 0. The molecule has 0 radical (unpaired) electrons. The molecule has 0 aliphatic rings. The number of hydrogen-bond donors (Lipinski definition) is 2. The number of nitrogens with one attached hydrogen (secondary N) is 2. The van der Waals surface area contributed by atoms with Gasteiger partial charge in [-0.15, -0.1) is 12.4 Å². The van der Waals surface area contributed by atoms with E-state index in [9.17, 15) is 4.79 Å². The highest BCUT2D eigenvalue weighted by atomic mass is 35.5. The third kappa shape index (κ3) is 6.00. The largest absolute Gasteiger partial charge is 0.493 e. The standard InChI is InChI=1S/C23H30N4O5.ClH/c1-27(14-15-8-6-9-16(12-15)24-10-7-11-29-2)23-25-17-13-18(30-3)20(31-4)21(32-5)19(17)22(28)26-23;/h6,8-9,12-13,24H,7,10-11,14H2,1-5H3,(H,25,26,28);1H. The molecule has 0 spiro atoms. The highest BCUT2D eigenvalue weighted by molar-refractivity contribution is 5.90. The Hall–Kier alpha value is -3.17. The number of benzene rings is 2. The van der Waals surface area contributed by atoms with Gasteiger partial charge in [-0.05, 0) is 24.1 Å². The molecule has 10 heteroatoms. The van der Waals surface area contributed by atoms with Crippen LogP contribution in [0.25, 0.3) is 10.9 Å². The number of nitrogens with zero attached hydrogens (tertiary/aromatic N) is 2. The number of anilines is 2. The van der Waals surface area contributed by atoms with E-state index < -0.39 is 0 Å². The summed E-state index contributed by atoms with van der Waals surface area (Å²) in [6.45, 7) is 2.12. The maximum Gasteiger partial charge on any atom is 0.264 e. The Morgan fingerprint density at radius 3 is 2.48 bits per heavy atom. The van der Waals surface area contributed by atoms with Crippen molar-refractivity contribution in [3.63, 3.8) is 0 Å². The third-order valence-corrected chi connectivity index (χ3v) is 5.05. The van der Waals surface area contributed by atoms with Gasteiger partial charge in [0, 0.05) is 45.6 Å². The van der Waals surface area contributed by atoms with Crippen LogP contribution in [0.3, 0.4) is 0 Å². The van der Waals surface area contributed by atoms with Crippen LogP contribution in [-0.4, -0.2) is 58.6 Å². The van der Waals surface area contributed by atoms with E-state index in [1.54, 1.807) is 13.2 Å². The van der Waals surface area contributed by atoms with Crippen molar-refractivity contribution in [1.82, 2.24) is 9.97 Å². The van der Waals surface area contributed by atoms with Gasteiger partial charge in [-0.3, -0.25) is 9.78 Å². The topological polar surface area (TPSA) is 97.9 Å². The molecule has 3 rings (SSSR count). The van der Waals surface area contributed by atoms with Crippen LogP contribution in [0.4, 0.5) is 11.6 Å². The molecule has 0 fully saturated rings. The van der Waals surface area contributed by atoms with Crippen molar-refractivity contribution >= 4 is 34.9 Å². The first kappa shape index (κ1) is 26.1. The Kier molecular flexibility index (Phi) is 9.62. The maximum absolute atomic E-state index is 12.9. The number of aromatic nitrogens is 2. The Bertz CT molecular complexity index is 1120. The second-order valence-corrected chi connectivity index (χ2v) is 7.26. The molecule has 0 amide bonds. The number of ether oxygens (including phenoxy) is 4. The van der Waals surface area contributed by atoms with Crippen molar-refractivity contribution in [2.45, 2.75) is 13.0 Å². The quantitative estimate of drug-likeness (QED) is 0.404. The summed E-state index contributed by atoms with van der Waals surface area (Å²) in [6, 6.07) is 9.82. The first-order chi connectivity index (χ1) is 15.5. The number of methoxy groups -OCH3 is 4. The second-order valence-electron chi connectivity index (χ2n) is 7.26. The smallest absolute Gasteiger partial charge is 0.264 e. The van der Waals surface area contributed by atoms with E-state index in [1.807, 2.05) is 30.1 Å². The van der Waals surface area contributed by atoms with Gasteiger partial charge < -0.3 is 29.2 Å². The van der Waals surface area contributed by atoms with Gasteiger partial charge in [0.2, 0.25) is 11.7 Å². The lowest BCUT2D eigenvalue weighted by Crippen LogP contribution is -2.23. The van der Waals surface area contributed by atoms with E-state index in [1.165, 1.54) is 21.3 Å². The van der Waals surface area contributed by atoms with Gasteiger partial charge >= 0.3 is 0 Å². The average Bonchev–Trinajstić information content (AvgIpc) is 2.80. The minimum Gasteiger partial charge on any atom is -0.493 e. The fourth-order valence-corrected chi connectivity index (χ4v) is 3.52. The second kappa shape index (κ2) is 12.2. The monoisotopic (exact) mass is 478 g/mol. The van der Waals surface area contributed by atoms with Crippen LogP contribution in [-0.2, 0) is 11.3 Å². The highest BCUT2D eigenvalue weighted by Crippen LogP contribution is 2.41. The molecule has 2 N–H and O–H groups in total. The average molecular weight is 479 g/mol. The Morgan fingerprint density at radius 2 is 1.82 bits per heavy atom. The van der Waals surface area contributed by atoms with Crippen molar-refractivity contribution in [3.05, 3.63) is 46.2 Å². The molecule has 0 aliphatic carbocycles. The van der Waals surface area contributed by atoms with Crippen LogP contribution in [0.5, 0.6) is 17.2 Å². The third-order valence-electron chi connectivity index (χ3n) is 5.05. The molecular weight excluding hydrogens is 448 g/mol. The van der Waals surface area contributed by atoms with E-state index in [2.05, 4.69) is 21.4 Å². The Balaban J connectivity index is 0.00000385. The van der Waals surface area contributed by atoms with Crippen molar-refractivity contribution in [1.29, 1.82) is 0 Å².